The van der Waals surface area contributed by atoms with Crippen molar-refractivity contribution in [3.63, 3.8) is 0 Å². The fourth-order valence-corrected chi connectivity index (χ4v) is 3.05. The van der Waals surface area contributed by atoms with Gasteiger partial charge in [0.15, 0.2) is 0 Å². The topological polar surface area (TPSA) is 69.2 Å². The minimum absolute atomic E-state index is 0.138. The van der Waals surface area contributed by atoms with E-state index in [1.54, 1.807) is 0 Å². The van der Waals surface area contributed by atoms with E-state index < -0.39 is 5.60 Å². The van der Waals surface area contributed by atoms with Crippen LogP contribution in [0.2, 0.25) is 0 Å². The highest BCUT2D eigenvalue weighted by molar-refractivity contribution is 14.1. The molecule has 1 aliphatic carbocycles. The highest BCUT2D eigenvalue weighted by Crippen LogP contribution is 2.31. The number of halogens is 1. The Morgan fingerprint density at radius 2 is 2.24 bits per heavy atom. The van der Waals surface area contributed by atoms with Gasteiger partial charge in [-0.1, -0.05) is 12.8 Å². The zero-order valence-corrected chi connectivity index (χ0v) is 11.9. The Hall–Kier alpha value is -0.630. The van der Waals surface area contributed by atoms with Gasteiger partial charge in [-0.3, -0.25) is 4.79 Å². The van der Waals surface area contributed by atoms with E-state index in [2.05, 4.69) is 9.97 Å². The monoisotopic (exact) mass is 349 g/mol. The first-order chi connectivity index (χ1) is 8.02. The molecular weight excluding hydrogens is 333 g/mol. The van der Waals surface area contributed by atoms with Crippen molar-refractivity contribution in [3.05, 3.63) is 20.3 Å². The minimum atomic E-state index is -0.623. The van der Waals surface area contributed by atoms with Crippen molar-refractivity contribution < 1.29 is 5.11 Å². The molecule has 0 bridgehead atoms. The average molecular weight is 349 g/mol. The lowest BCUT2D eigenvalue weighted by atomic mass is 10.0. The number of nitrogens with one attached hydrogen (secondary N) is 1. The maximum atomic E-state index is 11.5. The Balaban J connectivity index is 2.17. The Morgan fingerprint density at radius 1 is 1.59 bits per heavy atom. The van der Waals surface area contributed by atoms with Crippen molar-refractivity contribution in [1.82, 2.24) is 9.97 Å². The van der Waals surface area contributed by atoms with Gasteiger partial charge in [-0.25, -0.2) is 4.98 Å². The number of H-pyrrole nitrogens is 1. The van der Waals surface area contributed by atoms with E-state index in [0.717, 1.165) is 25.7 Å². The zero-order valence-electron chi connectivity index (χ0n) is 9.74. The predicted octanol–water partition coefficient (Wildman–Crippen LogP) is 1.12. The maximum Gasteiger partial charge on any atom is 0.266 e. The molecule has 0 amide bonds. The van der Waals surface area contributed by atoms with Crippen LogP contribution in [0, 0.1) is 3.57 Å². The van der Waals surface area contributed by atoms with Crippen molar-refractivity contribution in [2.75, 3.05) is 18.5 Å². The summed E-state index contributed by atoms with van der Waals surface area (Å²) >= 11 is 1.98. The first kappa shape index (κ1) is 12.8. The van der Waals surface area contributed by atoms with Crippen LogP contribution in [0.1, 0.15) is 25.7 Å². The molecule has 1 aromatic rings. The van der Waals surface area contributed by atoms with E-state index in [9.17, 15) is 9.90 Å². The number of hydrogen-bond donors (Lipinski definition) is 2. The molecule has 5 nitrogen and oxygen atoms in total. The molecule has 2 N–H and O–H groups in total. The molecule has 0 saturated heterocycles. The summed E-state index contributed by atoms with van der Waals surface area (Å²) in [5, 5.41) is 10.3. The second kappa shape index (κ2) is 4.93. The predicted molar refractivity (Wildman–Crippen MR) is 74.3 cm³/mol. The van der Waals surface area contributed by atoms with Crippen LogP contribution in [0.25, 0.3) is 0 Å². The number of likely N-dealkylation sites (N-methyl/N-ethyl adjacent to an activating group) is 1. The van der Waals surface area contributed by atoms with Crippen molar-refractivity contribution in [2.45, 2.75) is 31.3 Å². The van der Waals surface area contributed by atoms with Crippen LogP contribution >= 0.6 is 22.6 Å². The molecule has 94 valence electrons. The minimum Gasteiger partial charge on any atom is -0.388 e. The molecule has 0 atom stereocenters. The molecule has 0 radical (unpaired) electrons. The van der Waals surface area contributed by atoms with Crippen LogP contribution in [0.15, 0.2) is 11.1 Å². The first-order valence-electron chi connectivity index (χ1n) is 5.68. The van der Waals surface area contributed by atoms with E-state index in [1.165, 1.54) is 6.33 Å². The first-order valence-corrected chi connectivity index (χ1v) is 6.76. The van der Waals surface area contributed by atoms with Crippen LogP contribution in [-0.4, -0.2) is 34.3 Å². The maximum absolute atomic E-state index is 11.5. The Bertz CT molecular complexity index is 454. The molecule has 1 heterocycles. The molecule has 0 unspecified atom stereocenters. The number of aliphatic hydroxyl groups is 1. The Morgan fingerprint density at radius 3 is 2.88 bits per heavy atom. The summed E-state index contributed by atoms with van der Waals surface area (Å²) in [6.45, 7) is 0.527. The van der Waals surface area contributed by atoms with Gasteiger partial charge in [0, 0.05) is 13.6 Å². The fraction of sp³-hybridized carbons (Fsp3) is 0.636. The van der Waals surface area contributed by atoms with E-state index in [4.69, 9.17) is 0 Å². The highest BCUT2D eigenvalue weighted by Gasteiger charge is 2.33. The van der Waals surface area contributed by atoms with Crippen LogP contribution in [0.3, 0.4) is 0 Å². The molecule has 1 saturated carbocycles. The number of rotatable bonds is 3. The van der Waals surface area contributed by atoms with Crippen molar-refractivity contribution in [2.24, 2.45) is 0 Å². The summed E-state index contributed by atoms with van der Waals surface area (Å²) < 4.78 is 0.564. The van der Waals surface area contributed by atoms with E-state index in [0.29, 0.717) is 15.9 Å². The second-order valence-electron chi connectivity index (χ2n) is 4.66. The molecule has 0 aromatic carbocycles. The molecule has 0 aliphatic heterocycles. The lowest BCUT2D eigenvalue weighted by molar-refractivity contribution is 0.0557. The van der Waals surface area contributed by atoms with Crippen molar-refractivity contribution in [1.29, 1.82) is 0 Å². The van der Waals surface area contributed by atoms with Gasteiger partial charge in [0.05, 0.1) is 11.9 Å². The van der Waals surface area contributed by atoms with Gasteiger partial charge in [0.25, 0.3) is 5.56 Å². The molecule has 2 rings (SSSR count). The summed E-state index contributed by atoms with van der Waals surface area (Å²) in [6, 6.07) is 0. The average Bonchev–Trinajstić information content (AvgIpc) is 2.68. The van der Waals surface area contributed by atoms with Gasteiger partial charge in [-0.2, -0.15) is 0 Å². The third-order valence-electron chi connectivity index (χ3n) is 3.21. The summed E-state index contributed by atoms with van der Waals surface area (Å²) in [5.74, 6) is 0.634. The number of anilines is 1. The van der Waals surface area contributed by atoms with Crippen LogP contribution in [0.4, 0.5) is 5.82 Å². The quantitative estimate of drug-likeness (QED) is 0.803. The van der Waals surface area contributed by atoms with Gasteiger partial charge >= 0.3 is 0 Å². The number of nitrogens with zero attached hydrogens (tertiary/aromatic N) is 2. The molecule has 1 aliphatic rings. The van der Waals surface area contributed by atoms with Gasteiger partial charge < -0.3 is 15.0 Å². The molecule has 1 fully saturated rings. The summed E-state index contributed by atoms with van der Waals surface area (Å²) in [4.78, 5) is 20.0. The third-order valence-corrected chi connectivity index (χ3v) is 4.18. The number of aromatic amines is 1. The number of aromatic nitrogens is 2. The van der Waals surface area contributed by atoms with E-state index in [1.807, 2.05) is 34.5 Å². The van der Waals surface area contributed by atoms with Gasteiger partial charge in [-0.15, -0.1) is 0 Å². The van der Waals surface area contributed by atoms with Crippen LogP contribution in [0.5, 0.6) is 0 Å². The van der Waals surface area contributed by atoms with Crippen molar-refractivity contribution >= 4 is 28.4 Å². The normalized spacial score (nSPS) is 18.3. The smallest absolute Gasteiger partial charge is 0.266 e. The van der Waals surface area contributed by atoms with Crippen LogP contribution < -0.4 is 10.5 Å². The van der Waals surface area contributed by atoms with Crippen molar-refractivity contribution in [3.8, 4) is 0 Å². The lowest BCUT2D eigenvalue weighted by Crippen LogP contribution is -2.40. The van der Waals surface area contributed by atoms with E-state index in [-0.39, 0.29) is 5.56 Å². The number of hydrogen-bond acceptors (Lipinski definition) is 4. The molecule has 0 spiro atoms. The largest absolute Gasteiger partial charge is 0.388 e. The van der Waals surface area contributed by atoms with Gasteiger partial charge in [-0.05, 0) is 35.4 Å². The third kappa shape index (κ3) is 2.79. The molecular formula is C11H16IN3O2. The summed E-state index contributed by atoms with van der Waals surface area (Å²) in [6.07, 6.45) is 5.21. The zero-order chi connectivity index (χ0) is 12.5. The van der Waals surface area contributed by atoms with Crippen LogP contribution in [-0.2, 0) is 0 Å². The summed E-state index contributed by atoms with van der Waals surface area (Å²) in [7, 11) is 1.86. The second-order valence-corrected chi connectivity index (χ2v) is 5.74. The SMILES string of the molecule is CN(CC1(O)CCCC1)c1nc[nH]c(=O)c1I. The fourth-order valence-electron chi connectivity index (χ4n) is 2.35. The highest BCUT2D eigenvalue weighted by atomic mass is 127. The Labute approximate surface area is 113 Å². The molecule has 6 heteroatoms. The summed E-state index contributed by atoms with van der Waals surface area (Å²) in [5.41, 5.74) is -0.761. The lowest BCUT2D eigenvalue weighted by Gasteiger charge is -2.29. The Kier molecular flexibility index (Phi) is 3.72. The molecule has 1 aromatic heterocycles. The van der Waals surface area contributed by atoms with Gasteiger partial charge in [0.1, 0.15) is 9.39 Å². The molecule has 17 heavy (non-hydrogen) atoms. The van der Waals surface area contributed by atoms with Gasteiger partial charge in [0.2, 0.25) is 0 Å². The standard InChI is InChI=1S/C11H16IN3O2/c1-15(6-11(17)4-2-3-5-11)9-8(12)10(16)14-7-13-9/h7,17H,2-6H2,1H3,(H,13,14,16). The van der Waals surface area contributed by atoms with E-state index >= 15 is 0 Å².